The van der Waals surface area contributed by atoms with Crippen molar-refractivity contribution < 1.29 is 23.8 Å². The van der Waals surface area contributed by atoms with Gasteiger partial charge < -0.3 is 14.3 Å². The third kappa shape index (κ3) is 4.57. The Kier molecular flexibility index (Phi) is 6.86. The Bertz CT molecular complexity index is 1390. The van der Waals surface area contributed by atoms with Gasteiger partial charge >= 0.3 is 0 Å². The normalized spacial score (nSPS) is 25.3. The van der Waals surface area contributed by atoms with Crippen LogP contribution in [0.3, 0.4) is 0 Å². The second-order valence-corrected chi connectivity index (χ2v) is 11.3. The minimum atomic E-state index is -0.336. The fourth-order valence-corrected chi connectivity index (χ4v) is 6.94. The predicted octanol–water partition coefficient (Wildman–Crippen LogP) is 5.09. The van der Waals surface area contributed by atoms with E-state index in [0.29, 0.717) is 37.5 Å². The fraction of sp³-hybridized carbons (Fsp3) is 0.367. The quantitative estimate of drug-likeness (QED) is 0.322. The number of pyridine rings is 1. The zero-order valence-corrected chi connectivity index (χ0v) is 22.0. The summed E-state index contributed by atoms with van der Waals surface area (Å²) in [6.07, 6.45) is 5.68. The Morgan fingerprint density at radius 2 is 2.05 bits per heavy atom. The SMILES string of the molecule is CC1=C2[C@@H](CC/C(=C/c3ccc(CO)o3)c3ccccn3)OC[C@@H]2[C@@H]2C(=O)N(Cc3cccs3)C(=O)[C@@H]2C1. The van der Waals surface area contributed by atoms with Crippen molar-refractivity contribution >= 4 is 34.8 Å². The number of rotatable bonds is 8. The molecule has 196 valence electrons. The lowest BCUT2D eigenvalue weighted by Gasteiger charge is -2.30. The largest absolute Gasteiger partial charge is 0.459 e. The van der Waals surface area contributed by atoms with Gasteiger partial charge in [0, 0.05) is 17.0 Å². The third-order valence-corrected chi connectivity index (χ3v) is 8.82. The number of furan rings is 1. The molecule has 3 aromatic heterocycles. The standard InChI is InChI=1S/C30H30N2O5S/c1-18-13-23-28(30(35)32(29(23)34)15-22-5-4-12-38-22)24-17-36-26(27(18)24)10-7-19(25-6-2-3-11-31-25)14-20-8-9-21(16-33)37-20/h2-6,8-9,11-12,14,23-24,26,28,33H,7,10,13,15-17H2,1H3/b19-14-/t23-,24+,26-,28-/m1/s1. The Labute approximate surface area is 225 Å². The number of aromatic nitrogens is 1. The van der Waals surface area contributed by atoms with Crippen LogP contribution in [0.1, 0.15) is 48.3 Å². The van der Waals surface area contributed by atoms with Crippen LogP contribution in [0.25, 0.3) is 11.6 Å². The molecule has 0 radical (unpaired) electrons. The van der Waals surface area contributed by atoms with Crippen molar-refractivity contribution in [2.75, 3.05) is 6.61 Å². The monoisotopic (exact) mass is 530 g/mol. The minimum Gasteiger partial charge on any atom is -0.459 e. The summed E-state index contributed by atoms with van der Waals surface area (Å²) in [4.78, 5) is 33.8. The van der Waals surface area contributed by atoms with Crippen LogP contribution in [0.2, 0.25) is 0 Å². The molecular weight excluding hydrogens is 500 g/mol. The number of aliphatic hydroxyl groups is 1. The van der Waals surface area contributed by atoms with Crippen molar-refractivity contribution in [3.8, 4) is 0 Å². The van der Waals surface area contributed by atoms with Crippen LogP contribution in [-0.4, -0.2) is 39.5 Å². The molecule has 5 heterocycles. The Morgan fingerprint density at radius 1 is 1.16 bits per heavy atom. The lowest BCUT2D eigenvalue weighted by atomic mass is 9.70. The molecule has 6 rings (SSSR count). The topological polar surface area (TPSA) is 92.9 Å². The van der Waals surface area contributed by atoms with Crippen LogP contribution in [0.15, 0.2) is 69.6 Å². The molecule has 0 saturated carbocycles. The van der Waals surface area contributed by atoms with E-state index in [2.05, 4.69) is 11.9 Å². The number of carbonyl (C=O) groups is 2. The van der Waals surface area contributed by atoms with Crippen LogP contribution in [0.5, 0.6) is 0 Å². The minimum absolute atomic E-state index is 0.0451. The number of ether oxygens (including phenoxy) is 1. The Morgan fingerprint density at radius 3 is 2.79 bits per heavy atom. The van der Waals surface area contributed by atoms with Gasteiger partial charge in [0.15, 0.2) is 0 Å². The van der Waals surface area contributed by atoms with Crippen molar-refractivity contribution in [1.82, 2.24) is 9.88 Å². The summed E-state index contributed by atoms with van der Waals surface area (Å²) in [7, 11) is 0. The predicted molar refractivity (Wildman–Crippen MR) is 143 cm³/mol. The molecule has 2 aliphatic heterocycles. The molecule has 2 fully saturated rings. The molecule has 3 aromatic rings. The lowest BCUT2D eigenvalue weighted by molar-refractivity contribution is -0.140. The molecule has 1 aliphatic carbocycles. The molecule has 8 heteroatoms. The highest BCUT2D eigenvalue weighted by Crippen LogP contribution is 2.50. The van der Waals surface area contributed by atoms with Crippen LogP contribution in [0, 0.1) is 17.8 Å². The second-order valence-electron chi connectivity index (χ2n) is 10.2. The van der Waals surface area contributed by atoms with Gasteiger partial charge in [-0.1, -0.05) is 17.7 Å². The van der Waals surface area contributed by atoms with E-state index in [4.69, 9.17) is 9.15 Å². The van der Waals surface area contributed by atoms with Gasteiger partial charge in [-0.3, -0.25) is 19.5 Å². The molecule has 2 saturated heterocycles. The van der Waals surface area contributed by atoms with Gasteiger partial charge in [-0.2, -0.15) is 0 Å². The van der Waals surface area contributed by atoms with E-state index in [0.717, 1.165) is 22.6 Å². The van der Waals surface area contributed by atoms with Gasteiger partial charge in [0.05, 0.1) is 36.8 Å². The molecular formula is C30H30N2O5S. The van der Waals surface area contributed by atoms with E-state index in [9.17, 15) is 14.7 Å². The average molecular weight is 531 g/mol. The Balaban J connectivity index is 1.21. The number of hydrogen-bond acceptors (Lipinski definition) is 7. The summed E-state index contributed by atoms with van der Waals surface area (Å²) in [5, 5.41) is 11.3. The van der Waals surface area contributed by atoms with E-state index in [-0.39, 0.29) is 42.3 Å². The van der Waals surface area contributed by atoms with Crippen LogP contribution >= 0.6 is 11.3 Å². The van der Waals surface area contributed by atoms with E-state index < -0.39 is 0 Å². The van der Waals surface area contributed by atoms with Gasteiger partial charge in [-0.15, -0.1) is 11.3 Å². The second kappa shape index (κ2) is 10.4. The summed E-state index contributed by atoms with van der Waals surface area (Å²) >= 11 is 1.57. The van der Waals surface area contributed by atoms with Gasteiger partial charge in [0.2, 0.25) is 11.8 Å². The summed E-state index contributed by atoms with van der Waals surface area (Å²) in [5.41, 5.74) is 4.25. The maximum atomic E-state index is 13.5. The molecule has 2 amide bonds. The van der Waals surface area contributed by atoms with E-state index >= 15 is 0 Å². The highest BCUT2D eigenvalue weighted by atomic mass is 32.1. The maximum absolute atomic E-state index is 13.5. The number of amides is 2. The first-order chi connectivity index (χ1) is 18.5. The number of hydrogen-bond donors (Lipinski definition) is 1. The molecule has 0 spiro atoms. The maximum Gasteiger partial charge on any atom is 0.234 e. The van der Waals surface area contributed by atoms with Gasteiger partial charge in [-0.05, 0) is 79.1 Å². The van der Waals surface area contributed by atoms with Gasteiger partial charge in [0.25, 0.3) is 0 Å². The third-order valence-electron chi connectivity index (χ3n) is 7.96. The lowest BCUT2D eigenvalue weighted by Crippen LogP contribution is -2.34. The highest BCUT2D eigenvalue weighted by Gasteiger charge is 2.56. The molecule has 7 nitrogen and oxygen atoms in total. The summed E-state index contributed by atoms with van der Waals surface area (Å²) in [6.45, 7) is 2.77. The van der Waals surface area contributed by atoms with Crippen molar-refractivity contribution in [3.05, 3.63) is 87.3 Å². The fourth-order valence-electron chi connectivity index (χ4n) is 6.25. The van der Waals surface area contributed by atoms with E-state index in [1.54, 1.807) is 23.6 Å². The van der Waals surface area contributed by atoms with E-state index in [1.807, 2.05) is 47.9 Å². The van der Waals surface area contributed by atoms with Crippen LogP contribution in [0.4, 0.5) is 0 Å². The molecule has 4 atom stereocenters. The van der Waals surface area contributed by atoms with Crippen molar-refractivity contribution in [1.29, 1.82) is 0 Å². The van der Waals surface area contributed by atoms with Crippen molar-refractivity contribution in [2.45, 2.75) is 45.4 Å². The molecule has 0 unspecified atom stereocenters. The number of likely N-dealkylation sites (tertiary alicyclic amines) is 1. The summed E-state index contributed by atoms with van der Waals surface area (Å²) < 4.78 is 12.0. The van der Waals surface area contributed by atoms with Crippen molar-refractivity contribution in [2.24, 2.45) is 17.8 Å². The highest BCUT2D eigenvalue weighted by molar-refractivity contribution is 7.09. The number of carbonyl (C=O) groups excluding carboxylic acids is 2. The van der Waals surface area contributed by atoms with Gasteiger partial charge in [0.1, 0.15) is 18.1 Å². The van der Waals surface area contributed by atoms with E-state index in [1.165, 1.54) is 16.0 Å². The van der Waals surface area contributed by atoms with Crippen molar-refractivity contribution in [3.63, 3.8) is 0 Å². The summed E-state index contributed by atoms with van der Waals surface area (Å²) in [6, 6.07) is 13.3. The number of thiophene rings is 1. The van der Waals surface area contributed by atoms with Gasteiger partial charge in [-0.25, -0.2) is 0 Å². The first kappa shape index (κ1) is 25.0. The molecule has 0 aromatic carbocycles. The number of nitrogens with zero attached hydrogens (tertiary/aromatic N) is 2. The zero-order valence-electron chi connectivity index (χ0n) is 21.2. The molecule has 3 aliphatic rings. The zero-order chi connectivity index (χ0) is 26.2. The number of aliphatic hydroxyl groups excluding tert-OH is 1. The first-order valence-electron chi connectivity index (χ1n) is 13.0. The average Bonchev–Trinajstić information content (AvgIpc) is 3.73. The smallest absolute Gasteiger partial charge is 0.234 e. The number of allylic oxidation sites excluding steroid dienone is 2. The van der Waals surface area contributed by atoms with Crippen LogP contribution < -0.4 is 0 Å². The van der Waals surface area contributed by atoms with Crippen LogP contribution in [-0.2, 0) is 27.5 Å². The number of fused-ring (bicyclic) bond motifs is 3. The molecule has 1 N–H and O–H groups in total. The Hall–Kier alpha value is -3.33. The molecule has 38 heavy (non-hydrogen) atoms. The molecule has 0 bridgehead atoms. The number of imide groups is 1. The summed E-state index contributed by atoms with van der Waals surface area (Å²) in [5.74, 6) is 0.398. The first-order valence-corrected chi connectivity index (χ1v) is 13.9.